The van der Waals surface area contributed by atoms with Crippen LogP contribution in [0, 0.1) is 0 Å². The molecule has 124 valence electrons. The molecule has 0 amide bonds. The summed E-state index contributed by atoms with van der Waals surface area (Å²) in [4.78, 5) is 0. The Balaban J connectivity index is 0.000000235. The van der Waals surface area contributed by atoms with Gasteiger partial charge in [-0.15, -0.1) is 0 Å². The fourth-order valence-corrected chi connectivity index (χ4v) is 1.03. The van der Waals surface area contributed by atoms with Gasteiger partial charge in [-0.3, -0.25) is 10.2 Å². The fraction of sp³-hybridized carbons (Fsp3) is 0.333. The van der Waals surface area contributed by atoms with Gasteiger partial charge in [-0.2, -0.15) is 49.7 Å². The van der Waals surface area contributed by atoms with Crippen molar-refractivity contribution < 1.29 is 39.5 Å². The molecule has 0 aliphatic rings. The molecule has 4 nitrogen and oxygen atoms in total. The van der Waals surface area contributed by atoms with E-state index >= 15 is 0 Å². The maximum absolute atomic E-state index is 11.8. The van der Waals surface area contributed by atoms with Crippen LogP contribution in [0.25, 0.3) is 0 Å². The van der Waals surface area contributed by atoms with Gasteiger partial charge in [0.15, 0.2) is 5.69 Å². The quantitative estimate of drug-likeness (QED) is 0.715. The summed E-state index contributed by atoms with van der Waals surface area (Å²) in [6.45, 7) is 0. The molecule has 2 heterocycles. The second-order valence-corrected chi connectivity index (χ2v) is 3.63. The lowest BCUT2D eigenvalue weighted by molar-refractivity contribution is -0.143. The summed E-state index contributed by atoms with van der Waals surface area (Å²) in [5.41, 5.74) is -3.91. The third-order valence-electron chi connectivity index (χ3n) is 1.98. The van der Waals surface area contributed by atoms with E-state index in [0.717, 1.165) is 12.3 Å². The summed E-state index contributed by atoms with van der Waals surface area (Å²) in [5.74, 6) is 0. The summed E-state index contributed by atoms with van der Waals surface area (Å²) < 4.78 is 105. The van der Waals surface area contributed by atoms with E-state index in [4.69, 9.17) is 0 Å². The second-order valence-electron chi connectivity index (χ2n) is 3.63. The first-order valence-corrected chi connectivity index (χ1v) is 5.08. The summed E-state index contributed by atoms with van der Waals surface area (Å²) in [6.07, 6.45) is -12.9. The lowest BCUT2D eigenvalue weighted by atomic mass is 10.3. The highest BCUT2D eigenvalue weighted by Gasteiger charge is 2.39. The van der Waals surface area contributed by atoms with Gasteiger partial charge in [0.05, 0.1) is 0 Å². The van der Waals surface area contributed by atoms with Crippen molar-refractivity contribution in [3.63, 3.8) is 0 Å². The molecule has 13 heteroatoms. The molecule has 0 radical (unpaired) electrons. The van der Waals surface area contributed by atoms with Crippen molar-refractivity contribution in [2.24, 2.45) is 0 Å². The molecule has 2 rings (SSSR count). The molecule has 0 saturated carbocycles. The van der Waals surface area contributed by atoms with Crippen LogP contribution in [0.1, 0.15) is 17.1 Å². The van der Waals surface area contributed by atoms with Crippen LogP contribution < -0.4 is 0 Å². The molecule has 0 aliphatic carbocycles. The van der Waals surface area contributed by atoms with Gasteiger partial charge in [0.2, 0.25) is 0 Å². The number of halogens is 9. The van der Waals surface area contributed by atoms with Crippen molar-refractivity contribution in [1.29, 1.82) is 0 Å². The van der Waals surface area contributed by atoms with Crippen LogP contribution in [0.5, 0.6) is 0 Å². The Hall–Kier alpha value is -2.21. The maximum Gasteiger partial charge on any atom is 0.435 e. The summed E-state index contributed by atoms with van der Waals surface area (Å²) >= 11 is 0. The van der Waals surface area contributed by atoms with E-state index < -0.39 is 35.6 Å². The number of hydrogen-bond donors (Lipinski definition) is 2. The minimum Gasteiger partial charge on any atom is -0.274 e. The SMILES string of the molecule is FC(F)(F)c1cc(C(F)(F)F)[nH]n1.FC(F)(F)c1ccn[nH]1. The maximum atomic E-state index is 11.8. The molecule has 2 aromatic rings. The highest BCUT2D eigenvalue weighted by Crippen LogP contribution is 2.33. The standard InChI is InChI=1S/C5H2F6N2.C4H3F3N2/c6-4(7,8)2-1-3(13-12-2)5(9,10)11;5-4(6,7)3-1-2-8-9-3/h1H,(H,12,13);1-2H,(H,8,9). The Kier molecular flexibility index (Phi) is 4.77. The monoisotopic (exact) mass is 340 g/mol. The van der Waals surface area contributed by atoms with E-state index in [1.807, 2.05) is 0 Å². The molecular weight excluding hydrogens is 335 g/mol. The molecule has 0 bridgehead atoms. The van der Waals surface area contributed by atoms with Gasteiger partial charge in [0, 0.05) is 12.3 Å². The Morgan fingerprint density at radius 3 is 1.50 bits per heavy atom. The Bertz CT molecular complexity index is 547. The zero-order chi connectivity index (χ0) is 17.2. The first-order valence-electron chi connectivity index (χ1n) is 5.08. The van der Waals surface area contributed by atoms with E-state index in [1.165, 1.54) is 5.10 Å². The van der Waals surface area contributed by atoms with Crippen molar-refractivity contribution in [2.45, 2.75) is 18.5 Å². The first-order chi connectivity index (χ1) is 9.82. The number of H-pyrrole nitrogens is 2. The van der Waals surface area contributed by atoms with E-state index in [2.05, 4.69) is 10.2 Å². The number of nitrogens with one attached hydrogen (secondary N) is 2. The Morgan fingerprint density at radius 2 is 1.27 bits per heavy atom. The molecule has 22 heavy (non-hydrogen) atoms. The average molecular weight is 340 g/mol. The van der Waals surface area contributed by atoms with Crippen molar-refractivity contribution in [2.75, 3.05) is 0 Å². The van der Waals surface area contributed by atoms with Gasteiger partial charge >= 0.3 is 18.5 Å². The van der Waals surface area contributed by atoms with Gasteiger partial charge in [0.25, 0.3) is 0 Å². The number of nitrogens with zero attached hydrogens (tertiary/aromatic N) is 2. The number of aromatic nitrogens is 4. The van der Waals surface area contributed by atoms with Crippen molar-refractivity contribution in [3.05, 3.63) is 35.4 Å². The minimum atomic E-state index is -4.86. The van der Waals surface area contributed by atoms with Gasteiger partial charge in [-0.05, 0) is 6.07 Å². The smallest absolute Gasteiger partial charge is 0.274 e. The largest absolute Gasteiger partial charge is 0.435 e. The van der Waals surface area contributed by atoms with Crippen LogP contribution in [-0.2, 0) is 18.5 Å². The zero-order valence-electron chi connectivity index (χ0n) is 10.0. The highest BCUT2D eigenvalue weighted by molar-refractivity contribution is 5.13. The predicted octanol–water partition coefficient (Wildman–Crippen LogP) is 3.88. The van der Waals surface area contributed by atoms with Crippen LogP contribution >= 0.6 is 0 Å². The van der Waals surface area contributed by atoms with Crippen molar-refractivity contribution in [3.8, 4) is 0 Å². The van der Waals surface area contributed by atoms with E-state index in [9.17, 15) is 39.5 Å². The van der Waals surface area contributed by atoms with E-state index in [0.29, 0.717) is 0 Å². The Morgan fingerprint density at radius 1 is 0.727 bits per heavy atom. The van der Waals surface area contributed by atoms with Crippen LogP contribution in [0.4, 0.5) is 39.5 Å². The molecule has 0 saturated heterocycles. The van der Waals surface area contributed by atoms with Gasteiger partial charge in [-0.1, -0.05) is 0 Å². The van der Waals surface area contributed by atoms with Crippen LogP contribution in [0.3, 0.4) is 0 Å². The van der Waals surface area contributed by atoms with E-state index in [-0.39, 0.29) is 6.07 Å². The molecule has 0 atom stereocenters. The predicted molar refractivity (Wildman–Crippen MR) is 52.2 cm³/mol. The lowest BCUT2D eigenvalue weighted by Gasteiger charge is -2.00. The van der Waals surface area contributed by atoms with Crippen LogP contribution in [0.2, 0.25) is 0 Å². The van der Waals surface area contributed by atoms with Gasteiger partial charge in [0.1, 0.15) is 11.4 Å². The third kappa shape index (κ3) is 4.96. The highest BCUT2D eigenvalue weighted by atomic mass is 19.4. The molecule has 0 spiro atoms. The number of alkyl halides is 9. The lowest BCUT2D eigenvalue weighted by Crippen LogP contribution is -2.06. The van der Waals surface area contributed by atoms with Crippen LogP contribution in [0.15, 0.2) is 18.3 Å². The molecule has 0 fully saturated rings. The number of aromatic amines is 2. The molecule has 2 aromatic heterocycles. The minimum absolute atomic E-state index is 0.0833. The summed E-state index contributed by atoms with van der Waals surface area (Å²) in [7, 11) is 0. The average Bonchev–Trinajstić information content (AvgIpc) is 2.99. The van der Waals surface area contributed by atoms with Gasteiger partial charge in [-0.25, -0.2) is 0 Å². The second kappa shape index (κ2) is 5.88. The molecule has 2 N–H and O–H groups in total. The van der Waals surface area contributed by atoms with E-state index in [1.54, 1.807) is 5.10 Å². The van der Waals surface area contributed by atoms with Crippen molar-refractivity contribution in [1.82, 2.24) is 20.4 Å². The Labute approximate surface area is 115 Å². The summed E-state index contributed by atoms with van der Waals surface area (Å²) in [5, 5.41) is 8.69. The van der Waals surface area contributed by atoms with Crippen molar-refractivity contribution >= 4 is 0 Å². The summed E-state index contributed by atoms with van der Waals surface area (Å²) in [6, 6.07) is 0.792. The van der Waals surface area contributed by atoms with Gasteiger partial charge < -0.3 is 0 Å². The molecule has 0 unspecified atom stereocenters. The number of hydrogen-bond acceptors (Lipinski definition) is 2. The molecular formula is C9H5F9N4. The normalized spacial score (nSPS) is 12.8. The zero-order valence-corrected chi connectivity index (χ0v) is 10.0. The fourth-order valence-electron chi connectivity index (χ4n) is 1.03. The number of rotatable bonds is 0. The molecule has 0 aliphatic heterocycles. The third-order valence-corrected chi connectivity index (χ3v) is 1.98. The topological polar surface area (TPSA) is 57.4 Å². The van der Waals surface area contributed by atoms with Crippen LogP contribution in [-0.4, -0.2) is 20.4 Å². The first kappa shape index (κ1) is 17.8. The molecule has 0 aromatic carbocycles.